The van der Waals surface area contributed by atoms with Crippen LogP contribution in [0.4, 0.5) is 13.2 Å². The number of halogens is 3. The highest BCUT2D eigenvalue weighted by molar-refractivity contribution is 8.13. The van der Waals surface area contributed by atoms with Gasteiger partial charge in [-0.2, -0.15) is 5.10 Å². The number of benzene rings is 2. The molecule has 3 N–H and O–H groups in total. The van der Waals surface area contributed by atoms with Gasteiger partial charge in [-0.3, -0.25) is 0 Å². The van der Waals surface area contributed by atoms with Gasteiger partial charge in [-0.25, -0.2) is 0 Å². The number of rotatable bonds is 5. The van der Waals surface area contributed by atoms with Crippen molar-refractivity contribution in [1.29, 1.82) is 0 Å². The van der Waals surface area contributed by atoms with Gasteiger partial charge in [0.05, 0.1) is 6.21 Å². The minimum Gasteiger partial charge on any atom is -0.507 e. The summed E-state index contributed by atoms with van der Waals surface area (Å²) in [5.41, 5.74) is 6.97. The average Bonchev–Trinajstić information content (AvgIpc) is 2.54. The molecule has 5 nitrogen and oxygen atoms in total. The summed E-state index contributed by atoms with van der Waals surface area (Å²) in [4.78, 5) is 0. The third-order valence-corrected chi connectivity index (χ3v) is 3.67. The maximum Gasteiger partial charge on any atom is 0.573 e. The first kappa shape index (κ1) is 18.7. The van der Waals surface area contributed by atoms with Gasteiger partial charge < -0.3 is 15.6 Å². The minimum absolute atomic E-state index is 0.180. The van der Waals surface area contributed by atoms with Gasteiger partial charge in [0.15, 0.2) is 5.17 Å². The molecule has 0 amide bonds. The zero-order valence-corrected chi connectivity index (χ0v) is 13.6. The largest absolute Gasteiger partial charge is 0.573 e. The molecule has 0 saturated heterocycles. The zero-order valence-electron chi connectivity index (χ0n) is 12.8. The Bertz CT molecular complexity index is 765. The van der Waals surface area contributed by atoms with Crippen molar-refractivity contribution in [2.75, 3.05) is 0 Å². The molecule has 0 bridgehead atoms. The summed E-state index contributed by atoms with van der Waals surface area (Å²) in [6.07, 6.45) is -3.64. The highest BCUT2D eigenvalue weighted by Gasteiger charge is 2.31. The summed E-state index contributed by atoms with van der Waals surface area (Å²) >= 11 is 1.28. The second-order valence-corrected chi connectivity index (χ2v) is 5.72. The molecule has 0 spiro atoms. The highest BCUT2D eigenvalue weighted by Crippen LogP contribution is 2.27. The van der Waals surface area contributed by atoms with Crippen LogP contribution in [0.2, 0.25) is 0 Å². The van der Waals surface area contributed by atoms with E-state index in [0.717, 1.165) is 17.7 Å². The van der Waals surface area contributed by atoms with Crippen LogP contribution in [0.3, 0.4) is 0 Å². The molecule has 9 heteroatoms. The molecular weight excluding hydrogens is 355 g/mol. The molecule has 0 aliphatic carbocycles. The van der Waals surface area contributed by atoms with Gasteiger partial charge in [0, 0.05) is 17.4 Å². The Labute approximate surface area is 146 Å². The van der Waals surface area contributed by atoms with Crippen LogP contribution in [0.25, 0.3) is 0 Å². The van der Waals surface area contributed by atoms with Gasteiger partial charge in [0.1, 0.15) is 11.5 Å². The molecule has 2 rings (SSSR count). The van der Waals surface area contributed by atoms with Crippen LogP contribution in [0.15, 0.2) is 58.7 Å². The molecule has 0 unspecified atom stereocenters. The number of thioether (sulfide) groups is 1. The molecule has 132 valence electrons. The van der Waals surface area contributed by atoms with Crippen molar-refractivity contribution in [1.82, 2.24) is 0 Å². The standard InChI is InChI=1S/C16H14F3N3O2S/c17-16(18,19)24-13-7-6-12(14(23)8-13)9-21-22-15(20)25-10-11-4-2-1-3-5-11/h1-9,23H,10H2,(H2,20,22). The minimum atomic E-state index is -4.82. The number of hydrogen-bond acceptors (Lipinski definition) is 5. The summed E-state index contributed by atoms with van der Waals surface area (Å²) in [6.45, 7) is 0. The van der Waals surface area contributed by atoms with Crippen molar-refractivity contribution in [2.24, 2.45) is 15.9 Å². The lowest BCUT2D eigenvalue weighted by Gasteiger charge is -2.09. The van der Waals surface area contributed by atoms with E-state index in [2.05, 4.69) is 14.9 Å². The van der Waals surface area contributed by atoms with Crippen molar-refractivity contribution >= 4 is 23.1 Å². The summed E-state index contributed by atoms with van der Waals surface area (Å²) in [5.74, 6) is -0.319. The fourth-order valence-corrected chi connectivity index (χ4v) is 2.35. The van der Waals surface area contributed by atoms with Gasteiger partial charge in [0.25, 0.3) is 0 Å². The monoisotopic (exact) mass is 369 g/mol. The van der Waals surface area contributed by atoms with Gasteiger partial charge in [-0.05, 0) is 17.7 Å². The summed E-state index contributed by atoms with van der Waals surface area (Å²) in [7, 11) is 0. The average molecular weight is 369 g/mol. The molecule has 25 heavy (non-hydrogen) atoms. The number of phenolic OH excluding ortho intramolecular Hbond substituents is 1. The predicted octanol–water partition coefficient (Wildman–Crippen LogP) is 3.87. The summed E-state index contributed by atoms with van der Waals surface area (Å²) < 4.78 is 40.0. The van der Waals surface area contributed by atoms with Crippen molar-refractivity contribution in [2.45, 2.75) is 12.1 Å². The number of alkyl halides is 3. The van der Waals surface area contributed by atoms with E-state index in [9.17, 15) is 18.3 Å². The number of phenols is 1. The molecule has 0 aliphatic heterocycles. The molecule has 0 radical (unpaired) electrons. The van der Waals surface area contributed by atoms with E-state index in [-0.39, 0.29) is 10.7 Å². The van der Waals surface area contributed by atoms with Gasteiger partial charge in [-0.15, -0.1) is 18.3 Å². The molecule has 2 aromatic carbocycles. The van der Waals surface area contributed by atoms with E-state index in [0.29, 0.717) is 5.75 Å². The molecule has 0 saturated carbocycles. The Morgan fingerprint density at radius 3 is 2.56 bits per heavy atom. The second-order valence-electron chi connectivity index (χ2n) is 4.73. The number of amidine groups is 1. The Kier molecular flexibility index (Phi) is 6.29. The fourth-order valence-electron chi connectivity index (χ4n) is 1.74. The molecule has 0 atom stereocenters. The number of nitrogens with zero attached hydrogens (tertiary/aromatic N) is 2. The van der Waals surface area contributed by atoms with Crippen LogP contribution in [0.5, 0.6) is 11.5 Å². The Morgan fingerprint density at radius 2 is 1.92 bits per heavy atom. The zero-order chi connectivity index (χ0) is 18.3. The fraction of sp³-hybridized carbons (Fsp3) is 0.125. The van der Waals surface area contributed by atoms with Crippen molar-refractivity contribution < 1.29 is 23.0 Å². The van der Waals surface area contributed by atoms with Gasteiger partial charge in [0.2, 0.25) is 0 Å². The van der Waals surface area contributed by atoms with Gasteiger partial charge >= 0.3 is 6.36 Å². The lowest BCUT2D eigenvalue weighted by atomic mass is 10.2. The van der Waals surface area contributed by atoms with Crippen LogP contribution in [0.1, 0.15) is 11.1 Å². The number of nitrogens with two attached hydrogens (primary N) is 1. The molecule has 0 heterocycles. The van der Waals surface area contributed by atoms with E-state index in [1.54, 1.807) is 0 Å². The molecule has 0 fully saturated rings. The molecule has 0 aromatic heterocycles. The number of hydrogen-bond donors (Lipinski definition) is 2. The smallest absolute Gasteiger partial charge is 0.507 e. The summed E-state index contributed by atoms with van der Waals surface area (Å²) in [5, 5.41) is 17.4. The third kappa shape index (κ3) is 6.76. The first-order valence-electron chi connectivity index (χ1n) is 6.95. The summed E-state index contributed by atoms with van der Waals surface area (Å²) in [6, 6.07) is 12.8. The number of ether oxygens (including phenoxy) is 1. The van der Waals surface area contributed by atoms with Gasteiger partial charge in [-0.1, -0.05) is 42.1 Å². The Balaban J connectivity index is 1.94. The number of aromatic hydroxyl groups is 1. The first-order chi connectivity index (χ1) is 11.8. The SMILES string of the molecule is NC(=NN=Cc1ccc(OC(F)(F)F)cc1O)SCc1ccccc1. The van der Waals surface area contributed by atoms with Crippen LogP contribution in [-0.2, 0) is 5.75 Å². The molecule has 0 aliphatic rings. The maximum atomic E-state index is 12.1. The Morgan fingerprint density at radius 1 is 1.20 bits per heavy atom. The highest BCUT2D eigenvalue weighted by atomic mass is 32.2. The predicted molar refractivity (Wildman–Crippen MR) is 91.7 cm³/mol. The van der Waals surface area contributed by atoms with Crippen LogP contribution >= 0.6 is 11.8 Å². The maximum absolute atomic E-state index is 12.1. The quantitative estimate of drug-likeness (QED) is 0.476. The van der Waals surface area contributed by atoms with E-state index >= 15 is 0 Å². The second kappa shape index (κ2) is 8.43. The lowest BCUT2D eigenvalue weighted by molar-refractivity contribution is -0.274. The van der Waals surface area contributed by atoms with E-state index in [1.807, 2.05) is 30.3 Å². The molecule has 2 aromatic rings. The first-order valence-corrected chi connectivity index (χ1v) is 7.94. The van der Waals surface area contributed by atoms with E-state index in [1.165, 1.54) is 24.0 Å². The third-order valence-electron chi connectivity index (χ3n) is 2.82. The van der Waals surface area contributed by atoms with Crippen LogP contribution in [-0.4, -0.2) is 22.9 Å². The van der Waals surface area contributed by atoms with Crippen molar-refractivity contribution in [3.8, 4) is 11.5 Å². The topological polar surface area (TPSA) is 80.2 Å². The van der Waals surface area contributed by atoms with Crippen molar-refractivity contribution in [3.63, 3.8) is 0 Å². The molecular formula is C16H14F3N3O2S. The normalized spacial score (nSPS) is 12.5. The Hall–Kier alpha value is -2.68. The van der Waals surface area contributed by atoms with E-state index in [4.69, 9.17) is 5.73 Å². The van der Waals surface area contributed by atoms with Crippen molar-refractivity contribution in [3.05, 3.63) is 59.7 Å². The van der Waals surface area contributed by atoms with E-state index < -0.39 is 17.9 Å². The van der Waals surface area contributed by atoms with Crippen LogP contribution in [0, 0.1) is 0 Å². The lowest BCUT2D eigenvalue weighted by Crippen LogP contribution is -2.17. The van der Waals surface area contributed by atoms with Crippen LogP contribution < -0.4 is 10.5 Å².